The maximum Gasteiger partial charge on any atom is 0.254 e. The van der Waals surface area contributed by atoms with Crippen molar-refractivity contribution >= 4 is 34.4 Å². The lowest BCUT2D eigenvalue weighted by Gasteiger charge is -2.19. The Labute approximate surface area is 156 Å². The van der Waals surface area contributed by atoms with Gasteiger partial charge in [-0.25, -0.2) is 9.97 Å². The van der Waals surface area contributed by atoms with Crippen molar-refractivity contribution in [3.8, 4) is 0 Å². The third-order valence-corrected chi connectivity index (χ3v) is 4.12. The van der Waals surface area contributed by atoms with Gasteiger partial charge in [0.05, 0.1) is 18.1 Å². The Bertz CT molecular complexity index is 996. The molecule has 2 amide bonds. The van der Waals surface area contributed by atoms with Crippen LogP contribution in [0.2, 0.25) is 0 Å². The second kappa shape index (κ2) is 7.40. The zero-order chi connectivity index (χ0) is 19.6. The molecule has 2 heterocycles. The van der Waals surface area contributed by atoms with E-state index in [4.69, 9.17) is 0 Å². The predicted octanol–water partition coefficient (Wildman–Crippen LogP) is 1.27. The summed E-state index contributed by atoms with van der Waals surface area (Å²) >= 11 is 0. The molecule has 27 heavy (non-hydrogen) atoms. The number of aromatic nitrogens is 4. The standard InChI is InChI=1S/C18H21N7O2/c1-23(2)15(26)10-24(3)18(27)12-6-5-7-13(8-12)22-16-14-9-21-25(4)17(14)20-11-19-16/h5-9,11H,10H2,1-4H3,(H,19,20,22). The Morgan fingerprint density at radius 2 is 1.96 bits per heavy atom. The van der Waals surface area contributed by atoms with Crippen LogP contribution in [0.5, 0.6) is 0 Å². The summed E-state index contributed by atoms with van der Waals surface area (Å²) in [5.41, 5.74) is 1.89. The number of carbonyl (C=O) groups excluding carboxylic acids is 2. The summed E-state index contributed by atoms with van der Waals surface area (Å²) in [6, 6.07) is 7.05. The zero-order valence-electron chi connectivity index (χ0n) is 15.7. The molecular weight excluding hydrogens is 346 g/mol. The summed E-state index contributed by atoms with van der Waals surface area (Å²) in [6.45, 7) is 0.0196. The monoisotopic (exact) mass is 367 g/mol. The lowest BCUT2D eigenvalue weighted by atomic mass is 10.1. The minimum absolute atomic E-state index is 0.0196. The number of likely N-dealkylation sites (N-methyl/N-ethyl adjacent to an activating group) is 2. The summed E-state index contributed by atoms with van der Waals surface area (Å²) in [5, 5.41) is 8.17. The van der Waals surface area contributed by atoms with Crippen molar-refractivity contribution in [2.75, 3.05) is 33.0 Å². The number of hydrogen-bond acceptors (Lipinski definition) is 6. The van der Waals surface area contributed by atoms with E-state index in [1.807, 2.05) is 13.1 Å². The van der Waals surface area contributed by atoms with Gasteiger partial charge in [0.25, 0.3) is 5.91 Å². The number of aryl methyl sites for hydroxylation is 1. The van der Waals surface area contributed by atoms with Crippen LogP contribution in [0.15, 0.2) is 36.8 Å². The van der Waals surface area contributed by atoms with Gasteiger partial charge in [0.1, 0.15) is 12.1 Å². The Kier molecular flexibility index (Phi) is 5.02. The first-order valence-corrected chi connectivity index (χ1v) is 8.32. The first kappa shape index (κ1) is 18.3. The largest absolute Gasteiger partial charge is 0.347 e. The molecule has 0 fully saturated rings. The maximum atomic E-state index is 12.6. The minimum atomic E-state index is -0.233. The summed E-state index contributed by atoms with van der Waals surface area (Å²) in [7, 11) is 6.73. The molecule has 0 aliphatic rings. The Balaban J connectivity index is 1.81. The second-order valence-corrected chi connectivity index (χ2v) is 6.38. The fourth-order valence-corrected chi connectivity index (χ4v) is 2.56. The van der Waals surface area contributed by atoms with Gasteiger partial charge in [0.15, 0.2) is 5.65 Å². The smallest absolute Gasteiger partial charge is 0.254 e. The first-order chi connectivity index (χ1) is 12.9. The molecule has 3 aromatic rings. The van der Waals surface area contributed by atoms with Crippen LogP contribution in [0, 0.1) is 0 Å². The molecule has 0 radical (unpaired) electrons. The number of nitrogens with one attached hydrogen (secondary N) is 1. The molecule has 2 aromatic heterocycles. The molecule has 1 aromatic carbocycles. The normalized spacial score (nSPS) is 10.7. The summed E-state index contributed by atoms with van der Waals surface area (Å²) in [5.74, 6) is 0.233. The maximum absolute atomic E-state index is 12.6. The van der Waals surface area contributed by atoms with Gasteiger partial charge >= 0.3 is 0 Å². The van der Waals surface area contributed by atoms with Crippen LogP contribution in [0.1, 0.15) is 10.4 Å². The van der Waals surface area contributed by atoms with Gasteiger partial charge in [-0.3, -0.25) is 14.3 Å². The van der Waals surface area contributed by atoms with Crippen molar-refractivity contribution in [3.05, 3.63) is 42.4 Å². The third-order valence-electron chi connectivity index (χ3n) is 4.12. The molecule has 9 nitrogen and oxygen atoms in total. The molecule has 140 valence electrons. The molecule has 0 saturated carbocycles. The molecule has 0 spiro atoms. The minimum Gasteiger partial charge on any atom is -0.347 e. The Morgan fingerprint density at radius 3 is 2.70 bits per heavy atom. The fourth-order valence-electron chi connectivity index (χ4n) is 2.56. The molecular formula is C18H21N7O2. The van der Waals surface area contributed by atoms with E-state index in [0.717, 1.165) is 5.39 Å². The van der Waals surface area contributed by atoms with E-state index in [2.05, 4.69) is 20.4 Å². The van der Waals surface area contributed by atoms with E-state index in [1.54, 1.807) is 50.2 Å². The van der Waals surface area contributed by atoms with Crippen molar-refractivity contribution in [1.29, 1.82) is 0 Å². The van der Waals surface area contributed by atoms with E-state index in [1.165, 1.54) is 16.1 Å². The van der Waals surface area contributed by atoms with Crippen molar-refractivity contribution in [2.45, 2.75) is 0 Å². The molecule has 0 bridgehead atoms. The molecule has 0 atom stereocenters. The highest BCUT2D eigenvalue weighted by Crippen LogP contribution is 2.23. The van der Waals surface area contributed by atoms with Gasteiger partial charge in [0.2, 0.25) is 5.91 Å². The van der Waals surface area contributed by atoms with Gasteiger partial charge in [-0.2, -0.15) is 5.10 Å². The average molecular weight is 367 g/mol. The van der Waals surface area contributed by atoms with E-state index in [9.17, 15) is 9.59 Å². The summed E-state index contributed by atoms with van der Waals surface area (Å²) in [6.07, 6.45) is 3.15. The highest BCUT2D eigenvalue weighted by atomic mass is 16.2. The number of rotatable bonds is 5. The SMILES string of the molecule is CN(C)C(=O)CN(C)C(=O)c1cccc(Nc2ncnc3c2cnn3C)c1. The van der Waals surface area contributed by atoms with Crippen LogP contribution in [-0.4, -0.2) is 69.1 Å². The average Bonchev–Trinajstić information content (AvgIpc) is 3.03. The van der Waals surface area contributed by atoms with E-state index in [-0.39, 0.29) is 18.4 Å². The van der Waals surface area contributed by atoms with Crippen LogP contribution in [0.3, 0.4) is 0 Å². The molecule has 1 N–H and O–H groups in total. The number of anilines is 2. The highest BCUT2D eigenvalue weighted by Gasteiger charge is 2.16. The summed E-state index contributed by atoms with van der Waals surface area (Å²) in [4.78, 5) is 35.8. The number of amides is 2. The van der Waals surface area contributed by atoms with Crippen molar-refractivity contribution in [2.24, 2.45) is 7.05 Å². The number of benzene rings is 1. The van der Waals surface area contributed by atoms with Gasteiger partial charge in [-0.05, 0) is 18.2 Å². The fraction of sp³-hybridized carbons (Fsp3) is 0.278. The number of carbonyl (C=O) groups is 2. The van der Waals surface area contributed by atoms with Crippen LogP contribution in [-0.2, 0) is 11.8 Å². The lowest BCUT2D eigenvalue weighted by molar-refractivity contribution is -0.129. The third kappa shape index (κ3) is 3.86. The van der Waals surface area contributed by atoms with Crippen LogP contribution in [0.25, 0.3) is 11.0 Å². The van der Waals surface area contributed by atoms with E-state index >= 15 is 0 Å². The predicted molar refractivity (Wildman–Crippen MR) is 102 cm³/mol. The van der Waals surface area contributed by atoms with Crippen molar-refractivity contribution < 1.29 is 9.59 Å². The van der Waals surface area contributed by atoms with E-state index in [0.29, 0.717) is 22.7 Å². The first-order valence-electron chi connectivity index (χ1n) is 8.32. The van der Waals surface area contributed by atoms with Crippen LogP contribution >= 0.6 is 0 Å². The molecule has 0 unspecified atom stereocenters. The Hall–Kier alpha value is -3.49. The van der Waals surface area contributed by atoms with Gasteiger partial charge < -0.3 is 15.1 Å². The molecule has 0 saturated heterocycles. The number of fused-ring (bicyclic) bond motifs is 1. The topological polar surface area (TPSA) is 96.2 Å². The van der Waals surface area contributed by atoms with Crippen LogP contribution in [0.4, 0.5) is 11.5 Å². The number of nitrogens with zero attached hydrogens (tertiary/aromatic N) is 6. The lowest BCUT2D eigenvalue weighted by Crippen LogP contribution is -2.37. The van der Waals surface area contributed by atoms with Gasteiger partial charge in [-0.15, -0.1) is 0 Å². The van der Waals surface area contributed by atoms with Crippen molar-refractivity contribution in [1.82, 2.24) is 29.5 Å². The Morgan fingerprint density at radius 1 is 1.19 bits per heavy atom. The van der Waals surface area contributed by atoms with Gasteiger partial charge in [-0.1, -0.05) is 6.07 Å². The molecule has 9 heteroatoms. The zero-order valence-corrected chi connectivity index (χ0v) is 15.7. The second-order valence-electron chi connectivity index (χ2n) is 6.38. The molecule has 0 aliphatic heterocycles. The highest BCUT2D eigenvalue weighted by molar-refractivity contribution is 5.97. The molecule has 0 aliphatic carbocycles. The summed E-state index contributed by atoms with van der Waals surface area (Å²) < 4.78 is 1.67. The number of hydrogen-bond donors (Lipinski definition) is 1. The van der Waals surface area contributed by atoms with Gasteiger partial charge in [0, 0.05) is 39.4 Å². The van der Waals surface area contributed by atoms with Crippen LogP contribution < -0.4 is 5.32 Å². The van der Waals surface area contributed by atoms with Crippen molar-refractivity contribution in [3.63, 3.8) is 0 Å². The van der Waals surface area contributed by atoms with E-state index < -0.39 is 0 Å². The molecule has 3 rings (SSSR count). The quantitative estimate of drug-likeness (QED) is 0.729.